The van der Waals surface area contributed by atoms with Crippen LogP contribution in [-0.4, -0.2) is 11.1 Å². The van der Waals surface area contributed by atoms with Gasteiger partial charge in [-0.3, -0.25) is 9.69 Å². The lowest BCUT2D eigenvalue weighted by atomic mass is 10.1. The van der Waals surface area contributed by atoms with E-state index in [1.54, 1.807) is 29.2 Å². The maximum absolute atomic E-state index is 13.3. The van der Waals surface area contributed by atoms with Gasteiger partial charge in [0.05, 0.1) is 16.3 Å². The van der Waals surface area contributed by atoms with Crippen molar-refractivity contribution in [3.05, 3.63) is 98.4 Å². The molecule has 1 fully saturated rings. The second-order valence-corrected chi connectivity index (χ2v) is 8.82. The molecule has 1 amide bonds. The molecule has 30 heavy (non-hydrogen) atoms. The summed E-state index contributed by atoms with van der Waals surface area (Å²) < 4.78 is 0. The molecule has 0 aliphatic carbocycles. The molecule has 6 heteroatoms. The number of halogens is 2. The van der Waals surface area contributed by atoms with Crippen molar-refractivity contribution in [1.29, 1.82) is 0 Å². The van der Waals surface area contributed by atoms with E-state index in [4.69, 9.17) is 28.2 Å². The van der Waals surface area contributed by atoms with Crippen LogP contribution in [0.15, 0.2) is 76.6 Å². The monoisotopic (exact) mass is 452 g/mol. The summed E-state index contributed by atoms with van der Waals surface area (Å²) in [7, 11) is 0. The molecule has 0 radical (unpaired) electrons. The number of rotatable bonds is 3. The largest absolute Gasteiger partial charge is 0.271 e. The van der Waals surface area contributed by atoms with Gasteiger partial charge >= 0.3 is 0 Å². The van der Waals surface area contributed by atoms with E-state index in [9.17, 15) is 4.79 Å². The van der Waals surface area contributed by atoms with Crippen molar-refractivity contribution >= 4 is 63.5 Å². The highest BCUT2D eigenvalue weighted by Crippen LogP contribution is 2.37. The van der Waals surface area contributed by atoms with Crippen molar-refractivity contribution in [3.63, 3.8) is 0 Å². The van der Waals surface area contributed by atoms with Crippen LogP contribution in [0.3, 0.4) is 0 Å². The van der Waals surface area contributed by atoms with E-state index in [0.29, 0.717) is 25.8 Å². The number of hydrogen-bond acceptors (Lipinski definition) is 3. The standard InChI is InChI=1S/C24H18Cl2N2OS/c1-15-3-4-17(13-16(15)2)14-22-23(29)28(21-11-7-19(26)8-12-21)24(30-22)27-20-9-5-18(25)6-10-20/h3-14H,1-2H3/b22-14-,27-24?. The number of thioether (sulfide) groups is 1. The fourth-order valence-corrected chi connectivity index (χ4v) is 4.25. The summed E-state index contributed by atoms with van der Waals surface area (Å²) in [5, 5.41) is 1.83. The lowest BCUT2D eigenvalue weighted by molar-refractivity contribution is -0.113. The predicted octanol–water partition coefficient (Wildman–Crippen LogP) is 7.42. The highest BCUT2D eigenvalue weighted by molar-refractivity contribution is 8.19. The molecule has 0 atom stereocenters. The van der Waals surface area contributed by atoms with Crippen molar-refractivity contribution in [2.45, 2.75) is 13.8 Å². The van der Waals surface area contributed by atoms with E-state index in [-0.39, 0.29) is 5.91 Å². The molecular weight excluding hydrogens is 435 g/mol. The van der Waals surface area contributed by atoms with Crippen molar-refractivity contribution in [1.82, 2.24) is 0 Å². The van der Waals surface area contributed by atoms with E-state index in [0.717, 1.165) is 11.3 Å². The second kappa shape index (κ2) is 8.68. The van der Waals surface area contributed by atoms with Gasteiger partial charge in [0.15, 0.2) is 5.17 Å². The third-order valence-electron chi connectivity index (χ3n) is 4.77. The fraction of sp³-hybridized carbons (Fsp3) is 0.0833. The first-order chi connectivity index (χ1) is 14.4. The molecule has 1 aliphatic heterocycles. The zero-order valence-corrected chi connectivity index (χ0v) is 18.7. The zero-order valence-electron chi connectivity index (χ0n) is 16.4. The highest BCUT2D eigenvalue weighted by Gasteiger charge is 2.34. The van der Waals surface area contributed by atoms with Crippen LogP contribution in [0.25, 0.3) is 6.08 Å². The average Bonchev–Trinajstić information content (AvgIpc) is 3.02. The van der Waals surface area contributed by atoms with Crippen LogP contribution >= 0.6 is 35.0 Å². The molecule has 0 unspecified atom stereocenters. The first-order valence-corrected chi connectivity index (χ1v) is 10.9. The number of hydrogen-bond donors (Lipinski definition) is 0. The quantitative estimate of drug-likeness (QED) is 0.387. The number of nitrogens with zero attached hydrogens (tertiary/aromatic N) is 2. The van der Waals surface area contributed by atoms with Crippen LogP contribution < -0.4 is 4.90 Å². The number of anilines is 1. The number of amidine groups is 1. The van der Waals surface area contributed by atoms with Crippen LogP contribution in [0.4, 0.5) is 11.4 Å². The molecule has 3 aromatic carbocycles. The van der Waals surface area contributed by atoms with Gasteiger partial charge in [-0.15, -0.1) is 0 Å². The molecule has 3 aromatic rings. The number of carbonyl (C=O) groups excluding carboxylic acids is 1. The van der Waals surface area contributed by atoms with Crippen molar-refractivity contribution in [3.8, 4) is 0 Å². The minimum atomic E-state index is -0.117. The summed E-state index contributed by atoms with van der Waals surface area (Å²) in [4.78, 5) is 20.2. The summed E-state index contributed by atoms with van der Waals surface area (Å²) in [6, 6.07) is 20.5. The molecule has 150 valence electrons. The van der Waals surface area contributed by atoms with Crippen LogP contribution in [0.5, 0.6) is 0 Å². The van der Waals surface area contributed by atoms with Crippen molar-refractivity contribution in [2.24, 2.45) is 4.99 Å². The highest BCUT2D eigenvalue weighted by atomic mass is 35.5. The Balaban J connectivity index is 1.77. The number of carbonyl (C=O) groups is 1. The Morgan fingerprint density at radius 2 is 1.50 bits per heavy atom. The topological polar surface area (TPSA) is 32.7 Å². The number of amides is 1. The molecule has 1 heterocycles. The van der Waals surface area contributed by atoms with E-state index in [2.05, 4.69) is 26.0 Å². The van der Waals surface area contributed by atoms with Crippen molar-refractivity contribution in [2.75, 3.05) is 4.90 Å². The lowest BCUT2D eigenvalue weighted by Crippen LogP contribution is -2.28. The molecule has 4 rings (SSSR count). The average molecular weight is 453 g/mol. The Kier molecular flexibility index (Phi) is 6.00. The Hall–Kier alpha value is -2.53. The van der Waals surface area contributed by atoms with Crippen LogP contribution in [0, 0.1) is 13.8 Å². The lowest BCUT2D eigenvalue weighted by Gasteiger charge is -2.15. The summed E-state index contributed by atoms with van der Waals surface area (Å²) >= 11 is 13.4. The second-order valence-electron chi connectivity index (χ2n) is 6.94. The summed E-state index contributed by atoms with van der Waals surface area (Å²) in [6.45, 7) is 4.13. The minimum Gasteiger partial charge on any atom is -0.268 e. The maximum atomic E-state index is 13.3. The number of aliphatic imine (C=N–C) groups is 1. The molecule has 1 aliphatic rings. The molecule has 0 bridgehead atoms. The molecular formula is C24H18Cl2N2OS. The van der Waals surface area contributed by atoms with Crippen LogP contribution in [-0.2, 0) is 4.79 Å². The van der Waals surface area contributed by atoms with Gasteiger partial charge in [-0.2, -0.15) is 0 Å². The maximum Gasteiger partial charge on any atom is 0.271 e. The van der Waals surface area contributed by atoms with Gasteiger partial charge in [0.2, 0.25) is 0 Å². The van der Waals surface area contributed by atoms with E-state index in [1.807, 2.05) is 36.4 Å². The van der Waals surface area contributed by atoms with Gasteiger partial charge < -0.3 is 0 Å². The van der Waals surface area contributed by atoms with Gasteiger partial charge in [-0.1, -0.05) is 41.4 Å². The first kappa shape index (κ1) is 20.7. The van der Waals surface area contributed by atoms with Crippen LogP contribution in [0.1, 0.15) is 16.7 Å². The molecule has 0 aromatic heterocycles. The fourth-order valence-electron chi connectivity index (χ4n) is 3.00. The molecule has 3 nitrogen and oxygen atoms in total. The summed E-state index contributed by atoms with van der Waals surface area (Å²) in [5.41, 5.74) is 4.83. The van der Waals surface area contributed by atoms with Crippen molar-refractivity contribution < 1.29 is 4.79 Å². The minimum absolute atomic E-state index is 0.117. The third-order valence-corrected chi connectivity index (χ3v) is 6.24. The van der Waals surface area contributed by atoms with E-state index in [1.165, 1.54) is 22.9 Å². The van der Waals surface area contributed by atoms with E-state index < -0.39 is 0 Å². The number of aryl methyl sites for hydroxylation is 2. The SMILES string of the molecule is Cc1ccc(/C=C2\SC(=Nc3ccc(Cl)cc3)N(c3ccc(Cl)cc3)C2=O)cc1C. The Labute approximate surface area is 190 Å². The normalized spacial score (nSPS) is 16.7. The van der Waals surface area contributed by atoms with Gasteiger partial charge in [0.1, 0.15) is 0 Å². The zero-order chi connectivity index (χ0) is 21.3. The Morgan fingerprint density at radius 3 is 2.13 bits per heavy atom. The van der Waals surface area contributed by atoms with Gasteiger partial charge in [-0.25, -0.2) is 4.99 Å². The Morgan fingerprint density at radius 1 is 0.867 bits per heavy atom. The Bertz CT molecular complexity index is 1170. The molecule has 0 spiro atoms. The van der Waals surface area contributed by atoms with Gasteiger partial charge in [0.25, 0.3) is 5.91 Å². The van der Waals surface area contributed by atoms with Crippen LogP contribution in [0.2, 0.25) is 10.0 Å². The molecule has 0 saturated carbocycles. The van der Waals surface area contributed by atoms with Gasteiger partial charge in [-0.05, 0) is 96.9 Å². The summed E-state index contributed by atoms with van der Waals surface area (Å²) in [5.74, 6) is -0.117. The number of benzene rings is 3. The first-order valence-electron chi connectivity index (χ1n) is 9.32. The summed E-state index contributed by atoms with van der Waals surface area (Å²) in [6.07, 6.45) is 1.91. The smallest absolute Gasteiger partial charge is 0.268 e. The predicted molar refractivity (Wildman–Crippen MR) is 129 cm³/mol. The van der Waals surface area contributed by atoms with Gasteiger partial charge in [0, 0.05) is 10.0 Å². The van der Waals surface area contributed by atoms with E-state index >= 15 is 0 Å². The molecule has 1 saturated heterocycles. The third kappa shape index (κ3) is 4.46. The molecule has 0 N–H and O–H groups in total.